The summed E-state index contributed by atoms with van der Waals surface area (Å²) in [5.74, 6) is -1.22. The zero-order valence-electron chi connectivity index (χ0n) is 16.7. The van der Waals surface area contributed by atoms with Crippen LogP contribution in [0.4, 0.5) is 5.69 Å². The van der Waals surface area contributed by atoms with Crippen LogP contribution >= 0.6 is 0 Å². The molecule has 0 aromatic heterocycles. The molecule has 1 amide bonds. The van der Waals surface area contributed by atoms with Crippen molar-refractivity contribution in [2.75, 3.05) is 19.0 Å². The highest BCUT2D eigenvalue weighted by atomic mass is 32.2. The van der Waals surface area contributed by atoms with Gasteiger partial charge in [0.25, 0.3) is 5.91 Å². The van der Waals surface area contributed by atoms with E-state index in [1.54, 1.807) is 18.2 Å². The minimum Gasteiger partial charge on any atom is -0.497 e. The molecule has 2 aromatic carbocycles. The van der Waals surface area contributed by atoms with Gasteiger partial charge in [-0.3, -0.25) is 14.4 Å². The Morgan fingerprint density at radius 2 is 1.73 bits per heavy atom. The number of rotatable bonds is 9. The van der Waals surface area contributed by atoms with Crippen molar-refractivity contribution in [2.45, 2.75) is 24.8 Å². The first-order valence-corrected chi connectivity index (χ1v) is 10.3. The van der Waals surface area contributed by atoms with Crippen LogP contribution in [0.1, 0.15) is 24.2 Å². The first-order chi connectivity index (χ1) is 14.1. The Bertz CT molecular complexity index is 1030. The second kappa shape index (κ2) is 9.99. The third-order valence-electron chi connectivity index (χ3n) is 3.95. The van der Waals surface area contributed by atoms with Crippen molar-refractivity contribution < 1.29 is 32.3 Å². The molecule has 0 aliphatic rings. The quantitative estimate of drug-likeness (QED) is 0.454. The lowest BCUT2D eigenvalue weighted by atomic mass is 10.1. The molecule has 1 unspecified atom stereocenters. The third-order valence-corrected chi connectivity index (χ3v) is 5.51. The van der Waals surface area contributed by atoms with Crippen LogP contribution in [0.5, 0.6) is 5.75 Å². The average molecular weight is 434 g/mol. The summed E-state index contributed by atoms with van der Waals surface area (Å²) in [6.45, 7) is 2.09. The van der Waals surface area contributed by atoms with E-state index in [0.717, 1.165) is 0 Å². The zero-order chi connectivity index (χ0) is 22.3. The molecule has 160 valence electrons. The van der Waals surface area contributed by atoms with Gasteiger partial charge in [0.2, 0.25) is 10.0 Å². The number of benzene rings is 2. The monoisotopic (exact) mass is 434 g/mol. The van der Waals surface area contributed by atoms with Crippen molar-refractivity contribution in [3.05, 3.63) is 54.1 Å². The van der Waals surface area contributed by atoms with Gasteiger partial charge in [-0.05, 0) is 50.2 Å². The lowest BCUT2D eigenvalue weighted by molar-refractivity contribution is -0.148. The Kier molecular flexibility index (Phi) is 7.67. The first kappa shape index (κ1) is 23.0. The molecule has 2 aromatic rings. The summed E-state index contributed by atoms with van der Waals surface area (Å²) in [5.41, 5.74) is 0.795. The lowest BCUT2D eigenvalue weighted by Crippen LogP contribution is -2.40. The highest BCUT2D eigenvalue weighted by molar-refractivity contribution is 7.89. The van der Waals surface area contributed by atoms with Gasteiger partial charge in [-0.1, -0.05) is 12.1 Å². The molecule has 0 aliphatic heterocycles. The van der Waals surface area contributed by atoms with E-state index in [4.69, 9.17) is 9.47 Å². The zero-order valence-corrected chi connectivity index (χ0v) is 17.5. The molecular weight excluding hydrogens is 412 g/mol. The smallest absolute Gasteiger partial charge is 0.324 e. The number of esters is 1. The molecule has 2 N–H and O–H groups in total. The number of anilines is 1. The fourth-order valence-corrected chi connectivity index (χ4v) is 3.57. The summed E-state index contributed by atoms with van der Waals surface area (Å²) in [5, 5.41) is 2.50. The standard InChI is InChI=1S/C20H22N2O7S/c1-13(22-30(26,27)18-9-7-17(28-3)8-10-18)20(25)29-12-19(24)21-16-6-4-5-15(11-16)14(2)23/h4-11,13,22H,12H2,1-3H3,(H,21,24). The van der Waals surface area contributed by atoms with Crippen LogP contribution in [0.2, 0.25) is 0 Å². The van der Waals surface area contributed by atoms with Gasteiger partial charge in [0.1, 0.15) is 11.8 Å². The van der Waals surface area contributed by atoms with Gasteiger partial charge in [-0.2, -0.15) is 4.72 Å². The number of hydrogen-bond acceptors (Lipinski definition) is 7. The van der Waals surface area contributed by atoms with E-state index >= 15 is 0 Å². The minimum atomic E-state index is -3.97. The number of ketones is 1. The Morgan fingerprint density at radius 1 is 1.07 bits per heavy atom. The maximum atomic E-state index is 12.3. The molecule has 1 atom stereocenters. The van der Waals surface area contributed by atoms with E-state index in [-0.39, 0.29) is 10.7 Å². The number of Topliss-reactive ketones (excluding diaryl/α,β-unsaturated/α-hetero) is 1. The van der Waals surface area contributed by atoms with Gasteiger partial charge < -0.3 is 14.8 Å². The molecule has 0 heterocycles. The van der Waals surface area contributed by atoms with E-state index in [9.17, 15) is 22.8 Å². The summed E-state index contributed by atoms with van der Waals surface area (Å²) >= 11 is 0. The normalized spacial score (nSPS) is 12.0. The van der Waals surface area contributed by atoms with Crippen molar-refractivity contribution in [1.82, 2.24) is 4.72 Å². The van der Waals surface area contributed by atoms with E-state index in [1.807, 2.05) is 0 Å². The number of nitrogens with one attached hydrogen (secondary N) is 2. The van der Waals surface area contributed by atoms with Gasteiger partial charge >= 0.3 is 5.97 Å². The van der Waals surface area contributed by atoms with E-state index < -0.39 is 34.5 Å². The lowest BCUT2D eigenvalue weighted by Gasteiger charge is -2.14. The predicted molar refractivity (Wildman–Crippen MR) is 109 cm³/mol. The summed E-state index contributed by atoms with van der Waals surface area (Å²) < 4.78 is 36.7. The Labute approximate surface area is 174 Å². The fraction of sp³-hybridized carbons (Fsp3) is 0.250. The number of sulfonamides is 1. The van der Waals surface area contributed by atoms with Gasteiger partial charge in [-0.15, -0.1) is 0 Å². The van der Waals surface area contributed by atoms with Gasteiger partial charge in [0.05, 0.1) is 12.0 Å². The van der Waals surface area contributed by atoms with Gasteiger partial charge in [0.15, 0.2) is 12.4 Å². The highest BCUT2D eigenvalue weighted by Gasteiger charge is 2.23. The topological polar surface area (TPSA) is 128 Å². The van der Waals surface area contributed by atoms with E-state index in [0.29, 0.717) is 17.0 Å². The second-order valence-corrected chi connectivity index (χ2v) is 8.03. The third kappa shape index (κ3) is 6.39. The number of ether oxygens (including phenoxy) is 2. The van der Waals surface area contributed by atoms with Crippen LogP contribution in [0.25, 0.3) is 0 Å². The fourth-order valence-electron chi connectivity index (χ4n) is 2.38. The number of carbonyl (C=O) groups excluding carboxylic acids is 3. The highest BCUT2D eigenvalue weighted by Crippen LogP contribution is 2.16. The summed E-state index contributed by atoms with van der Waals surface area (Å²) in [6, 6.07) is 10.7. The van der Waals surface area contributed by atoms with Crippen LogP contribution < -0.4 is 14.8 Å². The summed E-state index contributed by atoms with van der Waals surface area (Å²) in [7, 11) is -2.51. The molecule has 0 saturated carbocycles. The Morgan fingerprint density at radius 3 is 2.33 bits per heavy atom. The summed E-state index contributed by atoms with van der Waals surface area (Å²) in [6.07, 6.45) is 0. The SMILES string of the molecule is COc1ccc(S(=O)(=O)NC(C)C(=O)OCC(=O)Nc2cccc(C(C)=O)c2)cc1. The molecule has 0 aliphatic carbocycles. The number of methoxy groups -OCH3 is 1. The van der Waals surface area contributed by atoms with Crippen LogP contribution in [0.15, 0.2) is 53.4 Å². The number of hydrogen-bond donors (Lipinski definition) is 2. The Balaban J connectivity index is 1.89. The second-order valence-electron chi connectivity index (χ2n) is 6.31. The largest absolute Gasteiger partial charge is 0.497 e. The molecule has 10 heteroatoms. The van der Waals surface area contributed by atoms with Crippen molar-refractivity contribution in [1.29, 1.82) is 0 Å². The molecule has 0 saturated heterocycles. The number of amides is 1. The van der Waals surface area contributed by atoms with Crippen molar-refractivity contribution >= 4 is 33.4 Å². The van der Waals surface area contributed by atoms with Gasteiger partial charge in [-0.25, -0.2) is 8.42 Å². The minimum absolute atomic E-state index is 0.0500. The van der Waals surface area contributed by atoms with Crippen LogP contribution in [-0.2, 0) is 24.3 Å². The van der Waals surface area contributed by atoms with Crippen molar-refractivity contribution in [3.63, 3.8) is 0 Å². The van der Waals surface area contributed by atoms with E-state index in [2.05, 4.69) is 10.0 Å². The molecule has 0 fully saturated rings. The van der Waals surface area contributed by atoms with Crippen LogP contribution in [0, 0.1) is 0 Å². The molecular formula is C20H22N2O7S. The molecule has 9 nitrogen and oxygen atoms in total. The molecule has 0 radical (unpaired) electrons. The Hall–Kier alpha value is -3.24. The van der Waals surface area contributed by atoms with Gasteiger partial charge in [0, 0.05) is 11.3 Å². The average Bonchev–Trinajstić information content (AvgIpc) is 2.71. The maximum Gasteiger partial charge on any atom is 0.324 e. The molecule has 0 bridgehead atoms. The van der Waals surface area contributed by atoms with E-state index in [1.165, 1.54) is 51.3 Å². The summed E-state index contributed by atoms with van der Waals surface area (Å²) in [4.78, 5) is 35.4. The predicted octanol–water partition coefficient (Wildman–Crippen LogP) is 1.75. The number of carbonyl (C=O) groups is 3. The van der Waals surface area contributed by atoms with Crippen molar-refractivity contribution in [3.8, 4) is 5.75 Å². The molecule has 30 heavy (non-hydrogen) atoms. The van der Waals surface area contributed by atoms with Crippen LogP contribution in [0.3, 0.4) is 0 Å². The molecule has 2 rings (SSSR count). The van der Waals surface area contributed by atoms with Crippen LogP contribution in [-0.4, -0.2) is 45.8 Å². The maximum absolute atomic E-state index is 12.3. The first-order valence-electron chi connectivity index (χ1n) is 8.86. The van der Waals surface area contributed by atoms with Crippen molar-refractivity contribution in [2.24, 2.45) is 0 Å². The molecule has 0 spiro atoms.